The number of fused-ring (bicyclic) bond motifs is 2. The molecular weight excluding hydrogens is 287 g/mol. The van der Waals surface area contributed by atoms with Crippen molar-refractivity contribution in [3.8, 4) is 12.1 Å². The summed E-state index contributed by atoms with van der Waals surface area (Å²) in [4.78, 5) is 4.16. The average molecular weight is 298 g/mol. The van der Waals surface area contributed by atoms with Gasteiger partial charge >= 0.3 is 0 Å². The van der Waals surface area contributed by atoms with Crippen LogP contribution >= 0.6 is 0 Å². The number of rotatable bonds is 1. The van der Waals surface area contributed by atoms with Crippen LogP contribution in [0.1, 0.15) is 11.5 Å². The van der Waals surface area contributed by atoms with Gasteiger partial charge < -0.3 is 15.2 Å². The average Bonchev–Trinajstić information content (AvgIpc) is 2.77. The van der Waals surface area contributed by atoms with Crippen molar-refractivity contribution in [3.63, 3.8) is 0 Å². The van der Waals surface area contributed by atoms with E-state index in [1.807, 2.05) is 0 Å². The van der Waals surface area contributed by atoms with Crippen LogP contribution in [0.15, 0.2) is 29.3 Å². The maximum Gasteiger partial charge on any atom is 0.293 e. The van der Waals surface area contributed by atoms with Crippen molar-refractivity contribution in [3.05, 3.63) is 35.6 Å². The summed E-state index contributed by atoms with van der Waals surface area (Å²) < 4.78 is 24.3. The highest BCUT2D eigenvalue weighted by atomic mass is 19.1. The molecule has 1 saturated heterocycles. The van der Waals surface area contributed by atoms with Crippen molar-refractivity contribution in [2.75, 3.05) is 13.2 Å². The van der Waals surface area contributed by atoms with Crippen molar-refractivity contribution < 1.29 is 13.9 Å². The molecule has 2 fully saturated rings. The Bertz CT molecular complexity index is 772. The standard InChI is InChI=1S/C15H11FN4O2/c16-10-3-1-9(2-4-10)11-13(7-17)12(19)20-15(14(11,13)8-18)21-5-6-22-15/h1-4,11H,5-6H2,(H2,19,20)/t11-,13-,14+/m0/s1. The molecule has 0 aromatic heterocycles. The van der Waals surface area contributed by atoms with Gasteiger partial charge in [0.2, 0.25) is 0 Å². The number of nitrogens with two attached hydrogens (primary N) is 1. The topological polar surface area (TPSA) is 104 Å². The van der Waals surface area contributed by atoms with Gasteiger partial charge in [-0.3, -0.25) is 0 Å². The molecule has 0 bridgehead atoms. The Hall–Kier alpha value is -2.48. The first-order valence-corrected chi connectivity index (χ1v) is 6.80. The predicted molar refractivity (Wildman–Crippen MR) is 71.5 cm³/mol. The van der Waals surface area contributed by atoms with Crippen molar-refractivity contribution >= 4 is 5.84 Å². The van der Waals surface area contributed by atoms with Crippen molar-refractivity contribution in [1.29, 1.82) is 10.5 Å². The van der Waals surface area contributed by atoms with Crippen molar-refractivity contribution in [2.45, 2.75) is 11.8 Å². The lowest BCUT2D eigenvalue weighted by Crippen LogP contribution is -2.38. The van der Waals surface area contributed by atoms with E-state index in [9.17, 15) is 14.9 Å². The second-order valence-electron chi connectivity index (χ2n) is 5.60. The molecule has 2 heterocycles. The number of hydrogen-bond donors (Lipinski definition) is 1. The number of hydrogen-bond acceptors (Lipinski definition) is 6. The Labute approximate surface area is 125 Å². The molecule has 22 heavy (non-hydrogen) atoms. The summed E-state index contributed by atoms with van der Waals surface area (Å²) in [5.74, 6) is -2.46. The Morgan fingerprint density at radius 1 is 1.18 bits per heavy atom. The summed E-state index contributed by atoms with van der Waals surface area (Å²) in [6.07, 6.45) is 0. The SMILES string of the molecule is N#C[C@@]12[C@@H](c3ccc(F)cc3)[C@@]1(C#N)C(N)=NC21OCCO1. The van der Waals surface area contributed by atoms with Gasteiger partial charge in [-0.1, -0.05) is 12.1 Å². The van der Waals surface area contributed by atoms with E-state index in [2.05, 4.69) is 17.1 Å². The van der Waals surface area contributed by atoms with Crippen molar-refractivity contribution in [1.82, 2.24) is 0 Å². The van der Waals surface area contributed by atoms with E-state index in [4.69, 9.17) is 15.2 Å². The van der Waals surface area contributed by atoms with Gasteiger partial charge in [0, 0.05) is 5.92 Å². The number of nitriles is 2. The van der Waals surface area contributed by atoms with Crippen LogP contribution in [-0.4, -0.2) is 25.0 Å². The second kappa shape index (κ2) is 3.83. The summed E-state index contributed by atoms with van der Waals surface area (Å²) >= 11 is 0. The van der Waals surface area contributed by atoms with Gasteiger partial charge in [-0.2, -0.15) is 10.5 Å². The molecule has 2 aliphatic heterocycles. The lowest BCUT2D eigenvalue weighted by Gasteiger charge is -2.25. The van der Waals surface area contributed by atoms with Crippen molar-refractivity contribution in [2.24, 2.45) is 21.6 Å². The fraction of sp³-hybridized carbons (Fsp3) is 0.400. The molecule has 7 heteroatoms. The number of nitrogens with zero attached hydrogens (tertiary/aromatic N) is 3. The highest BCUT2D eigenvalue weighted by Crippen LogP contribution is 2.82. The zero-order valence-electron chi connectivity index (χ0n) is 11.4. The molecule has 6 nitrogen and oxygen atoms in total. The third-order valence-electron chi connectivity index (χ3n) is 4.81. The fourth-order valence-corrected chi connectivity index (χ4v) is 3.87. The maximum atomic E-state index is 13.2. The first-order valence-electron chi connectivity index (χ1n) is 6.80. The van der Waals surface area contributed by atoms with E-state index in [1.54, 1.807) is 12.1 Å². The molecule has 1 aromatic rings. The Kier molecular flexibility index (Phi) is 2.30. The van der Waals surface area contributed by atoms with Crippen LogP contribution < -0.4 is 5.73 Å². The van der Waals surface area contributed by atoms with Gasteiger partial charge in [0.05, 0.1) is 25.4 Å². The minimum absolute atomic E-state index is 0.0350. The van der Waals surface area contributed by atoms with Crippen LogP contribution in [0.5, 0.6) is 0 Å². The third-order valence-corrected chi connectivity index (χ3v) is 4.81. The summed E-state index contributed by atoms with van der Waals surface area (Å²) in [5.41, 5.74) is 3.98. The molecule has 2 N–H and O–H groups in total. The van der Waals surface area contributed by atoms with Crippen LogP contribution in [0.25, 0.3) is 0 Å². The first kappa shape index (κ1) is 13.2. The molecule has 3 atom stereocenters. The second-order valence-corrected chi connectivity index (χ2v) is 5.60. The Morgan fingerprint density at radius 2 is 1.82 bits per heavy atom. The van der Waals surface area contributed by atoms with Gasteiger partial charge in [0.15, 0.2) is 5.41 Å². The fourth-order valence-electron chi connectivity index (χ4n) is 3.87. The van der Waals surface area contributed by atoms with Crippen LogP contribution in [0.3, 0.4) is 0 Å². The normalized spacial score (nSPS) is 37.2. The lowest BCUT2D eigenvalue weighted by molar-refractivity contribution is -0.184. The van der Waals surface area contributed by atoms with Gasteiger partial charge in [-0.25, -0.2) is 9.38 Å². The van der Waals surface area contributed by atoms with E-state index >= 15 is 0 Å². The molecule has 4 rings (SSSR count). The number of amidine groups is 1. The molecule has 0 amide bonds. The Balaban J connectivity index is 1.92. The van der Waals surface area contributed by atoms with Crippen LogP contribution in [-0.2, 0) is 9.47 Å². The van der Waals surface area contributed by atoms with Gasteiger partial charge in [-0.15, -0.1) is 0 Å². The predicted octanol–water partition coefficient (Wildman–Crippen LogP) is 1.01. The summed E-state index contributed by atoms with van der Waals surface area (Å²) in [5, 5.41) is 19.5. The van der Waals surface area contributed by atoms with E-state index in [1.165, 1.54) is 12.1 Å². The van der Waals surface area contributed by atoms with Gasteiger partial charge in [0.1, 0.15) is 17.1 Å². The Morgan fingerprint density at radius 3 is 2.36 bits per heavy atom. The van der Waals surface area contributed by atoms with E-state index in [0.29, 0.717) is 5.56 Å². The zero-order chi connectivity index (χ0) is 15.6. The zero-order valence-corrected chi connectivity index (χ0v) is 11.4. The van der Waals surface area contributed by atoms with Crippen LogP contribution in [0, 0.1) is 39.3 Å². The summed E-state index contributed by atoms with van der Waals surface area (Å²) in [6, 6.07) is 9.98. The van der Waals surface area contributed by atoms with Gasteiger partial charge in [0.25, 0.3) is 5.91 Å². The van der Waals surface area contributed by atoms with Gasteiger partial charge in [-0.05, 0) is 17.7 Å². The molecule has 1 spiro atoms. The number of aliphatic imine (C=N–C) groups is 1. The monoisotopic (exact) mass is 298 g/mol. The van der Waals surface area contributed by atoms with Crippen LogP contribution in [0.4, 0.5) is 4.39 Å². The summed E-state index contributed by atoms with van der Waals surface area (Å²) in [7, 11) is 0. The molecule has 110 valence electrons. The number of ether oxygens (including phenoxy) is 2. The highest BCUT2D eigenvalue weighted by Gasteiger charge is 2.94. The molecule has 1 aromatic carbocycles. The minimum atomic E-state index is -1.54. The maximum absolute atomic E-state index is 13.2. The molecule has 1 saturated carbocycles. The highest BCUT2D eigenvalue weighted by molar-refractivity contribution is 6.00. The van der Waals surface area contributed by atoms with E-state index in [-0.39, 0.29) is 19.0 Å². The third kappa shape index (κ3) is 1.11. The van der Waals surface area contributed by atoms with E-state index < -0.39 is 28.5 Å². The molecule has 0 radical (unpaired) electrons. The minimum Gasteiger partial charge on any atom is -0.386 e. The first-order chi connectivity index (χ1) is 10.6. The molecule has 0 unspecified atom stereocenters. The number of benzene rings is 1. The summed E-state index contributed by atoms with van der Waals surface area (Å²) in [6.45, 7) is 0.551. The van der Waals surface area contributed by atoms with E-state index in [0.717, 1.165) is 0 Å². The largest absolute Gasteiger partial charge is 0.386 e. The molecule has 3 aliphatic rings. The van der Waals surface area contributed by atoms with Crippen LogP contribution in [0.2, 0.25) is 0 Å². The lowest BCUT2D eigenvalue weighted by atomic mass is 9.94. The number of halogens is 1. The molecular formula is C15H11FN4O2. The quantitative estimate of drug-likeness (QED) is 0.833. The smallest absolute Gasteiger partial charge is 0.293 e. The molecule has 1 aliphatic carbocycles.